The molecule has 1 aromatic heterocycles. The fourth-order valence-corrected chi connectivity index (χ4v) is 3.47. The predicted molar refractivity (Wildman–Crippen MR) is 103 cm³/mol. The maximum atomic E-state index is 12.4. The van der Waals surface area contributed by atoms with Crippen LogP contribution in [0.5, 0.6) is 0 Å². The van der Waals surface area contributed by atoms with E-state index in [1.807, 2.05) is 6.07 Å². The first-order valence-electron chi connectivity index (χ1n) is 9.45. The highest BCUT2D eigenvalue weighted by atomic mass is 16.3. The van der Waals surface area contributed by atoms with Gasteiger partial charge in [-0.2, -0.15) is 0 Å². The molecule has 0 aliphatic carbocycles. The van der Waals surface area contributed by atoms with Crippen LogP contribution in [0.3, 0.4) is 0 Å². The average molecular weight is 369 g/mol. The third-order valence-corrected chi connectivity index (χ3v) is 5.07. The zero-order chi connectivity index (χ0) is 19.2. The summed E-state index contributed by atoms with van der Waals surface area (Å²) in [6.45, 7) is 5.75. The molecule has 1 fully saturated rings. The fourth-order valence-electron chi connectivity index (χ4n) is 3.47. The number of benzene rings is 1. The molecule has 1 aromatic carbocycles. The van der Waals surface area contributed by atoms with Gasteiger partial charge in [-0.25, -0.2) is 0 Å². The lowest BCUT2D eigenvalue weighted by atomic mass is 9.97. The molecule has 0 spiro atoms. The molecule has 2 N–H and O–H groups in total. The van der Waals surface area contributed by atoms with Gasteiger partial charge in [0.25, 0.3) is 5.91 Å². The van der Waals surface area contributed by atoms with Crippen LogP contribution in [0.1, 0.15) is 42.8 Å². The third kappa shape index (κ3) is 5.20. The Morgan fingerprint density at radius 2 is 2.00 bits per heavy atom. The molecule has 0 radical (unpaired) electrons. The molecule has 2 heterocycles. The number of nitrogens with one attached hydrogen (secondary N) is 2. The van der Waals surface area contributed by atoms with E-state index in [4.69, 9.17) is 4.42 Å². The van der Waals surface area contributed by atoms with Crippen LogP contribution >= 0.6 is 0 Å². The number of amides is 2. The van der Waals surface area contributed by atoms with Crippen LogP contribution in [0.2, 0.25) is 0 Å². The Morgan fingerprint density at radius 1 is 1.22 bits per heavy atom. The van der Waals surface area contributed by atoms with E-state index in [-0.39, 0.29) is 23.6 Å². The number of likely N-dealkylation sites (tertiary alicyclic amines) is 1. The normalized spacial score (nSPS) is 21.4. The minimum absolute atomic E-state index is 0.127. The first-order chi connectivity index (χ1) is 13.0. The molecule has 3 atom stereocenters. The zero-order valence-corrected chi connectivity index (χ0v) is 15.9. The molecule has 6 heteroatoms. The van der Waals surface area contributed by atoms with Crippen molar-refractivity contribution in [2.24, 2.45) is 0 Å². The summed E-state index contributed by atoms with van der Waals surface area (Å²) >= 11 is 0. The van der Waals surface area contributed by atoms with Gasteiger partial charge in [-0.15, -0.1) is 0 Å². The van der Waals surface area contributed by atoms with Gasteiger partial charge >= 0.3 is 0 Å². The lowest BCUT2D eigenvalue weighted by Crippen LogP contribution is -2.52. The minimum atomic E-state index is -0.611. The molecule has 1 aliphatic rings. The molecule has 3 rings (SSSR count). The number of carbonyl (C=O) groups excluding carboxylic acids is 2. The number of furan rings is 1. The molecule has 27 heavy (non-hydrogen) atoms. The summed E-state index contributed by atoms with van der Waals surface area (Å²) in [7, 11) is 0. The van der Waals surface area contributed by atoms with E-state index < -0.39 is 6.04 Å². The second kappa shape index (κ2) is 8.86. The molecule has 0 saturated carbocycles. The lowest BCUT2D eigenvalue weighted by Gasteiger charge is -2.38. The topological polar surface area (TPSA) is 74.6 Å². The highest BCUT2D eigenvalue weighted by Crippen LogP contribution is 2.20. The van der Waals surface area contributed by atoms with Gasteiger partial charge in [0.2, 0.25) is 5.91 Å². The third-order valence-electron chi connectivity index (χ3n) is 5.07. The van der Waals surface area contributed by atoms with E-state index in [0.717, 1.165) is 25.9 Å². The van der Waals surface area contributed by atoms with Crippen molar-refractivity contribution in [2.75, 3.05) is 6.54 Å². The highest BCUT2D eigenvalue weighted by molar-refractivity contribution is 5.95. The van der Waals surface area contributed by atoms with Crippen molar-refractivity contribution in [3.63, 3.8) is 0 Å². The number of piperidine rings is 1. The molecule has 6 nitrogen and oxygen atoms in total. The Labute approximate surface area is 159 Å². The molecule has 2 amide bonds. The molecular weight excluding hydrogens is 342 g/mol. The van der Waals surface area contributed by atoms with E-state index in [0.29, 0.717) is 6.04 Å². The molecule has 1 aliphatic heterocycles. The zero-order valence-electron chi connectivity index (χ0n) is 15.9. The Balaban J connectivity index is 1.46. The number of carbonyl (C=O) groups is 2. The predicted octanol–water partition coefficient (Wildman–Crippen LogP) is 2.57. The van der Waals surface area contributed by atoms with Crippen molar-refractivity contribution in [3.05, 3.63) is 60.1 Å². The maximum absolute atomic E-state index is 12.4. The second-order valence-corrected chi connectivity index (χ2v) is 7.21. The van der Waals surface area contributed by atoms with Crippen LogP contribution in [0.15, 0.2) is 53.1 Å². The van der Waals surface area contributed by atoms with Gasteiger partial charge in [-0.3, -0.25) is 14.5 Å². The number of rotatable bonds is 6. The van der Waals surface area contributed by atoms with Crippen molar-refractivity contribution in [1.82, 2.24) is 15.5 Å². The second-order valence-electron chi connectivity index (χ2n) is 7.21. The quantitative estimate of drug-likeness (QED) is 0.821. The average Bonchev–Trinajstić information content (AvgIpc) is 3.19. The van der Waals surface area contributed by atoms with Crippen LogP contribution in [0.4, 0.5) is 0 Å². The summed E-state index contributed by atoms with van der Waals surface area (Å²) in [6, 6.07) is 13.6. The summed E-state index contributed by atoms with van der Waals surface area (Å²) in [6.07, 6.45) is 3.24. The van der Waals surface area contributed by atoms with Crippen LogP contribution < -0.4 is 10.6 Å². The fraction of sp³-hybridized carbons (Fsp3) is 0.429. The van der Waals surface area contributed by atoms with E-state index >= 15 is 0 Å². The SMILES string of the molecule is C[C@H](NC(=O)c1ccco1)C(=O)N[C@H]1CCN(Cc2ccccc2)[C@H](C)C1. The maximum Gasteiger partial charge on any atom is 0.287 e. The van der Waals surface area contributed by atoms with Gasteiger partial charge < -0.3 is 15.1 Å². The Bertz CT molecular complexity index is 745. The van der Waals surface area contributed by atoms with Crippen molar-refractivity contribution in [1.29, 1.82) is 0 Å². The number of nitrogens with zero attached hydrogens (tertiary/aromatic N) is 1. The van der Waals surface area contributed by atoms with Crippen molar-refractivity contribution < 1.29 is 14.0 Å². The van der Waals surface area contributed by atoms with Crippen LogP contribution in [-0.2, 0) is 11.3 Å². The molecule has 1 saturated heterocycles. The summed E-state index contributed by atoms with van der Waals surface area (Å²) in [5.41, 5.74) is 1.31. The van der Waals surface area contributed by atoms with Crippen molar-refractivity contribution >= 4 is 11.8 Å². The van der Waals surface area contributed by atoms with Gasteiger partial charge in [-0.05, 0) is 44.4 Å². The molecule has 2 aromatic rings. The highest BCUT2D eigenvalue weighted by Gasteiger charge is 2.28. The Kier molecular flexibility index (Phi) is 6.29. The van der Waals surface area contributed by atoms with Crippen LogP contribution in [0, 0.1) is 0 Å². The first-order valence-corrected chi connectivity index (χ1v) is 9.45. The van der Waals surface area contributed by atoms with Crippen molar-refractivity contribution in [3.8, 4) is 0 Å². The van der Waals surface area contributed by atoms with Gasteiger partial charge in [0, 0.05) is 25.2 Å². The van der Waals surface area contributed by atoms with E-state index in [1.54, 1.807) is 19.1 Å². The molecule has 0 bridgehead atoms. The largest absolute Gasteiger partial charge is 0.459 e. The monoisotopic (exact) mass is 369 g/mol. The summed E-state index contributed by atoms with van der Waals surface area (Å²) in [5.74, 6) is -0.338. The summed E-state index contributed by atoms with van der Waals surface area (Å²) < 4.78 is 5.05. The van der Waals surface area contributed by atoms with E-state index in [2.05, 4.69) is 46.7 Å². The van der Waals surface area contributed by atoms with Gasteiger partial charge in [0.05, 0.1) is 6.26 Å². The van der Waals surface area contributed by atoms with E-state index in [1.165, 1.54) is 11.8 Å². The smallest absolute Gasteiger partial charge is 0.287 e. The van der Waals surface area contributed by atoms with Gasteiger partial charge in [-0.1, -0.05) is 30.3 Å². The van der Waals surface area contributed by atoms with Crippen LogP contribution in [0.25, 0.3) is 0 Å². The first kappa shape index (κ1) is 19.2. The van der Waals surface area contributed by atoms with Gasteiger partial charge in [0.1, 0.15) is 6.04 Å². The molecule has 144 valence electrons. The van der Waals surface area contributed by atoms with E-state index in [9.17, 15) is 9.59 Å². The van der Waals surface area contributed by atoms with Gasteiger partial charge in [0.15, 0.2) is 5.76 Å². The number of hydrogen-bond acceptors (Lipinski definition) is 4. The number of hydrogen-bond donors (Lipinski definition) is 2. The Morgan fingerprint density at radius 3 is 2.67 bits per heavy atom. The lowest BCUT2D eigenvalue weighted by molar-refractivity contribution is -0.123. The van der Waals surface area contributed by atoms with Crippen molar-refractivity contribution in [2.45, 2.75) is 51.4 Å². The van der Waals surface area contributed by atoms with Crippen LogP contribution in [-0.4, -0.2) is 41.4 Å². The summed E-state index contributed by atoms with van der Waals surface area (Å²) in [5, 5.41) is 5.74. The Hall–Kier alpha value is -2.60. The molecule has 0 unspecified atom stereocenters. The molecular formula is C21H27N3O3. The summed E-state index contributed by atoms with van der Waals surface area (Å²) in [4.78, 5) is 26.9. The standard InChI is InChI=1S/C21H27N3O3/c1-15-13-18(10-11-24(15)14-17-7-4-3-5-8-17)23-20(25)16(2)22-21(26)19-9-6-12-27-19/h3-9,12,15-16,18H,10-11,13-14H2,1-2H3,(H,22,26)(H,23,25)/t15-,16+,18+/m1/s1. The minimum Gasteiger partial charge on any atom is -0.459 e.